The Labute approximate surface area is 122 Å². The molecule has 1 amide bonds. The fraction of sp³-hybridized carbons (Fsp3) is 0.500. The number of anilines is 1. The summed E-state index contributed by atoms with van der Waals surface area (Å²) < 4.78 is 26.4. The van der Waals surface area contributed by atoms with Crippen LogP contribution in [0.1, 0.15) is 33.1 Å². The second-order valence-electron chi connectivity index (χ2n) is 5.50. The van der Waals surface area contributed by atoms with Gasteiger partial charge < -0.3 is 11.1 Å². The molecule has 0 unspecified atom stereocenters. The van der Waals surface area contributed by atoms with Crippen LogP contribution in [0.4, 0.5) is 14.5 Å². The van der Waals surface area contributed by atoms with Gasteiger partial charge in [0.1, 0.15) is 5.82 Å². The molecule has 6 heteroatoms. The summed E-state index contributed by atoms with van der Waals surface area (Å²) in [7, 11) is 0. The average Bonchev–Trinajstić information content (AvgIpc) is 2.31. The number of carbonyl (C=O) groups is 1. The van der Waals surface area contributed by atoms with Crippen LogP contribution in [0.5, 0.6) is 0 Å². The molecule has 1 aromatic rings. The van der Waals surface area contributed by atoms with Crippen LogP contribution >= 0.6 is 11.6 Å². The van der Waals surface area contributed by atoms with Gasteiger partial charge in [-0.3, -0.25) is 4.79 Å². The van der Waals surface area contributed by atoms with Crippen LogP contribution in [-0.4, -0.2) is 12.5 Å². The van der Waals surface area contributed by atoms with Crippen molar-refractivity contribution in [3.05, 3.63) is 28.8 Å². The van der Waals surface area contributed by atoms with Gasteiger partial charge in [0.05, 0.1) is 10.7 Å². The molecule has 0 saturated heterocycles. The molecule has 0 aliphatic rings. The number of halogens is 3. The molecule has 0 bridgehead atoms. The third kappa shape index (κ3) is 5.06. The van der Waals surface area contributed by atoms with Gasteiger partial charge >= 0.3 is 0 Å². The summed E-state index contributed by atoms with van der Waals surface area (Å²) in [4.78, 5) is 11.8. The van der Waals surface area contributed by atoms with Gasteiger partial charge in [-0.05, 0) is 30.9 Å². The van der Waals surface area contributed by atoms with Crippen LogP contribution in [0.2, 0.25) is 5.02 Å². The van der Waals surface area contributed by atoms with Crippen molar-refractivity contribution >= 4 is 23.2 Å². The third-order valence-corrected chi connectivity index (χ3v) is 3.42. The summed E-state index contributed by atoms with van der Waals surface area (Å²) in [6, 6.07) is 1.64. The first-order valence-corrected chi connectivity index (χ1v) is 6.77. The molecule has 0 aliphatic heterocycles. The summed E-state index contributed by atoms with van der Waals surface area (Å²) >= 11 is 5.71. The average molecular weight is 305 g/mol. The molecule has 0 aliphatic carbocycles. The number of nitrogens with one attached hydrogen (secondary N) is 1. The van der Waals surface area contributed by atoms with E-state index in [-0.39, 0.29) is 28.5 Å². The lowest BCUT2D eigenvalue weighted by atomic mass is 9.84. The molecular formula is C14H19ClF2N2O. The van der Waals surface area contributed by atoms with Gasteiger partial charge in [0.25, 0.3) is 0 Å². The third-order valence-electron chi connectivity index (χ3n) is 3.12. The van der Waals surface area contributed by atoms with Crippen LogP contribution in [0.3, 0.4) is 0 Å². The highest BCUT2D eigenvalue weighted by Gasteiger charge is 2.19. The maximum atomic E-state index is 13.5. The Bertz CT molecular complexity index is 469. The summed E-state index contributed by atoms with van der Waals surface area (Å²) in [6.07, 6.45) is 1.64. The van der Waals surface area contributed by atoms with Crippen molar-refractivity contribution in [3.8, 4) is 0 Å². The Morgan fingerprint density at radius 1 is 1.35 bits per heavy atom. The SMILES string of the molecule is CC(C)(CCN)CCC(=O)Nc1c(F)cc(F)cc1Cl. The Morgan fingerprint density at radius 3 is 2.55 bits per heavy atom. The Balaban J connectivity index is 2.64. The number of carbonyl (C=O) groups excluding carboxylic acids is 1. The smallest absolute Gasteiger partial charge is 0.224 e. The largest absolute Gasteiger partial charge is 0.330 e. The van der Waals surface area contributed by atoms with Gasteiger partial charge in [-0.2, -0.15) is 0 Å². The number of nitrogens with two attached hydrogens (primary N) is 1. The van der Waals surface area contributed by atoms with Gasteiger partial charge in [0, 0.05) is 12.5 Å². The van der Waals surface area contributed by atoms with E-state index in [2.05, 4.69) is 5.32 Å². The van der Waals surface area contributed by atoms with Gasteiger partial charge in [-0.25, -0.2) is 8.78 Å². The van der Waals surface area contributed by atoms with Crippen molar-refractivity contribution in [3.63, 3.8) is 0 Å². The quantitative estimate of drug-likeness (QED) is 0.841. The van der Waals surface area contributed by atoms with E-state index in [9.17, 15) is 13.6 Å². The maximum Gasteiger partial charge on any atom is 0.224 e. The molecule has 0 atom stereocenters. The fourth-order valence-electron chi connectivity index (χ4n) is 1.83. The molecule has 0 heterocycles. The van der Waals surface area contributed by atoms with E-state index in [0.29, 0.717) is 19.0 Å². The number of hydrogen-bond acceptors (Lipinski definition) is 2. The maximum absolute atomic E-state index is 13.5. The van der Waals surface area contributed by atoms with Crippen molar-refractivity contribution in [2.24, 2.45) is 11.1 Å². The molecule has 0 saturated carbocycles. The molecule has 1 aromatic carbocycles. The minimum Gasteiger partial charge on any atom is -0.330 e. The van der Waals surface area contributed by atoms with Crippen LogP contribution in [0.25, 0.3) is 0 Å². The summed E-state index contributed by atoms with van der Waals surface area (Å²) in [5.41, 5.74) is 5.25. The zero-order valence-electron chi connectivity index (χ0n) is 11.6. The van der Waals surface area contributed by atoms with Gasteiger partial charge in [0.15, 0.2) is 5.82 Å². The van der Waals surface area contributed by atoms with E-state index >= 15 is 0 Å². The number of benzene rings is 1. The first-order chi connectivity index (χ1) is 9.25. The zero-order valence-corrected chi connectivity index (χ0v) is 12.4. The molecule has 0 aromatic heterocycles. The van der Waals surface area contributed by atoms with E-state index in [4.69, 9.17) is 17.3 Å². The highest BCUT2D eigenvalue weighted by atomic mass is 35.5. The zero-order chi connectivity index (χ0) is 15.3. The first kappa shape index (κ1) is 16.9. The minimum atomic E-state index is -0.885. The lowest BCUT2D eigenvalue weighted by Gasteiger charge is -2.23. The minimum absolute atomic E-state index is 0.0583. The van der Waals surface area contributed by atoms with Crippen LogP contribution < -0.4 is 11.1 Å². The molecule has 1 rings (SSSR count). The monoisotopic (exact) mass is 304 g/mol. The molecule has 3 N–H and O–H groups in total. The van der Waals surface area contributed by atoms with Gasteiger partial charge in [-0.15, -0.1) is 0 Å². The van der Waals surface area contributed by atoms with E-state index in [1.54, 1.807) is 0 Å². The standard InChI is InChI=1S/C14H19ClF2N2O/c1-14(2,5-6-18)4-3-12(20)19-13-10(15)7-9(16)8-11(13)17/h7-8H,3-6,18H2,1-2H3,(H,19,20). The molecule has 112 valence electrons. The molecule has 0 spiro atoms. The fourth-order valence-corrected chi connectivity index (χ4v) is 2.07. The lowest BCUT2D eigenvalue weighted by molar-refractivity contribution is -0.116. The predicted molar refractivity (Wildman–Crippen MR) is 76.7 cm³/mol. The van der Waals surface area contributed by atoms with E-state index in [1.165, 1.54) is 0 Å². The Kier molecular flexibility index (Phi) is 5.89. The Morgan fingerprint density at radius 2 is 2.00 bits per heavy atom. The number of rotatable bonds is 6. The predicted octanol–water partition coefficient (Wildman–Crippen LogP) is 3.71. The topological polar surface area (TPSA) is 55.1 Å². The van der Waals surface area contributed by atoms with Crippen molar-refractivity contribution in [2.45, 2.75) is 33.1 Å². The van der Waals surface area contributed by atoms with Gasteiger partial charge in [-0.1, -0.05) is 25.4 Å². The number of hydrogen-bond donors (Lipinski definition) is 2. The van der Waals surface area contributed by atoms with Crippen LogP contribution in [0, 0.1) is 17.0 Å². The Hall–Kier alpha value is -1.20. The second-order valence-corrected chi connectivity index (χ2v) is 5.90. The van der Waals surface area contributed by atoms with E-state index in [1.807, 2.05) is 13.8 Å². The van der Waals surface area contributed by atoms with Crippen molar-refractivity contribution in [2.75, 3.05) is 11.9 Å². The normalized spacial score (nSPS) is 11.5. The van der Waals surface area contributed by atoms with E-state index < -0.39 is 11.6 Å². The van der Waals surface area contributed by atoms with Crippen LogP contribution in [-0.2, 0) is 4.79 Å². The lowest BCUT2D eigenvalue weighted by Crippen LogP contribution is -2.21. The second kappa shape index (κ2) is 6.99. The van der Waals surface area contributed by atoms with Crippen molar-refractivity contribution in [1.29, 1.82) is 0 Å². The molecule has 3 nitrogen and oxygen atoms in total. The molecule has 0 radical (unpaired) electrons. The highest BCUT2D eigenvalue weighted by Crippen LogP contribution is 2.28. The summed E-state index contributed by atoms with van der Waals surface area (Å²) in [5, 5.41) is 2.22. The summed E-state index contributed by atoms with van der Waals surface area (Å²) in [5.74, 6) is -2.03. The molecule has 20 heavy (non-hydrogen) atoms. The van der Waals surface area contributed by atoms with Crippen molar-refractivity contribution in [1.82, 2.24) is 0 Å². The number of amides is 1. The van der Waals surface area contributed by atoms with Crippen molar-refractivity contribution < 1.29 is 13.6 Å². The van der Waals surface area contributed by atoms with E-state index in [0.717, 1.165) is 12.5 Å². The first-order valence-electron chi connectivity index (χ1n) is 6.39. The summed E-state index contributed by atoms with van der Waals surface area (Å²) in [6.45, 7) is 4.57. The van der Waals surface area contributed by atoms with Crippen LogP contribution in [0.15, 0.2) is 12.1 Å². The molecule has 0 fully saturated rings. The molecular weight excluding hydrogens is 286 g/mol. The van der Waals surface area contributed by atoms with Gasteiger partial charge in [0.2, 0.25) is 5.91 Å². The highest BCUT2D eigenvalue weighted by molar-refractivity contribution is 6.33.